The van der Waals surface area contributed by atoms with Crippen molar-refractivity contribution in [3.8, 4) is 16.9 Å². The first kappa shape index (κ1) is 30.1. The molecule has 0 bridgehead atoms. The van der Waals surface area contributed by atoms with Crippen LogP contribution >= 0.6 is 11.6 Å². The molecule has 1 aliphatic heterocycles. The zero-order valence-electron chi connectivity index (χ0n) is 22.5. The normalized spacial score (nSPS) is 14.2. The van der Waals surface area contributed by atoms with Gasteiger partial charge in [-0.2, -0.15) is 23.3 Å². The Morgan fingerprint density at radius 3 is 2.56 bits per heavy atom. The molecule has 1 saturated heterocycles. The van der Waals surface area contributed by atoms with Gasteiger partial charge in [-0.05, 0) is 37.3 Å². The quantitative estimate of drug-likeness (QED) is 0.276. The molecule has 16 heteroatoms. The van der Waals surface area contributed by atoms with Crippen LogP contribution < -0.4 is 10.9 Å². The number of anilines is 2. The second-order valence-electron chi connectivity index (χ2n) is 9.67. The Morgan fingerprint density at radius 2 is 1.91 bits per heavy atom. The Kier molecular flexibility index (Phi) is 8.48. The zero-order chi connectivity index (χ0) is 30.9. The molecule has 226 valence electrons. The molecule has 11 nitrogen and oxygen atoms in total. The summed E-state index contributed by atoms with van der Waals surface area (Å²) in [7, 11) is 0. The summed E-state index contributed by atoms with van der Waals surface area (Å²) < 4.78 is 61.8. The van der Waals surface area contributed by atoms with Gasteiger partial charge in [0.05, 0.1) is 18.2 Å². The van der Waals surface area contributed by atoms with Gasteiger partial charge in [-0.15, -0.1) is 0 Å². The number of aromatic nitrogens is 5. The van der Waals surface area contributed by atoms with Gasteiger partial charge in [0, 0.05) is 61.1 Å². The third-order valence-corrected chi connectivity index (χ3v) is 7.00. The van der Waals surface area contributed by atoms with Crippen LogP contribution in [-0.2, 0) is 17.5 Å². The lowest BCUT2D eigenvalue weighted by atomic mass is 10.1. The van der Waals surface area contributed by atoms with Crippen LogP contribution in [0.4, 0.5) is 29.2 Å². The number of carboxylic acid groups (broad SMARTS) is 1. The second kappa shape index (κ2) is 12.1. The minimum atomic E-state index is -4.75. The summed E-state index contributed by atoms with van der Waals surface area (Å²) in [6.45, 7) is 4.33. The van der Waals surface area contributed by atoms with Crippen LogP contribution in [0.3, 0.4) is 0 Å². The van der Waals surface area contributed by atoms with Gasteiger partial charge in [-0.3, -0.25) is 9.69 Å². The van der Waals surface area contributed by atoms with Crippen molar-refractivity contribution in [3.63, 3.8) is 0 Å². The first-order valence-corrected chi connectivity index (χ1v) is 13.3. The molecule has 0 atom stereocenters. The van der Waals surface area contributed by atoms with Crippen molar-refractivity contribution in [1.82, 2.24) is 29.2 Å². The number of alkyl halides is 3. The van der Waals surface area contributed by atoms with Crippen molar-refractivity contribution in [2.45, 2.75) is 19.6 Å². The fraction of sp³-hybridized carbons (Fsp3) is 0.296. The average molecular weight is 622 g/mol. The van der Waals surface area contributed by atoms with Gasteiger partial charge in [0.1, 0.15) is 11.4 Å². The van der Waals surface area contributed by atoms with E-state index in [4.69, 9.17) is 16.3 Å². The van der Waals surface area contributed by atoms with Crippen molar-refractivity contribution in [3.05, 3.63) is 80.9 Å². The molecule has 0 spiro atoms. The molecule has 3 aromatic heterocycles. The molecule has 4 heterocycles. The maximum Gasteiger partial charge on any atom is 0.435 e. The number of nitrogens with zero attached hydrogens (tertiary/aromatic N) is 6. The summed E-state index contributed by atoms with van der Waals surface area (Å²) in [5.74, 6) is -2.36. The molecule has 2 N–H and O–H groups in total. The molecule has 1 aliphatic rings. The van der Waals surface area contributed by atoms with E-state index in [1.807, 2.05) is 0 Å². The first-order valence-electron chi connectivity index (χ1n) is 12.9. The lowest BCUT2D eigenvalue weighted by molar-refractivity contribution is -0.141. The molecule has 0 aliphatic carbocycles. The monoisotopic (exact) mass is 621 g/mol. The highest BCUT2D eigenvalue weighted by atomic mass is 35.5. The number of aromatic carboxylic acids is 1. The largest absolute Gasteiger partial charge is 0.477 e. The number of pyridine rings is 1. The summed E-state index contributed by atoms with van der Waals surface area (Å²) in [6, 6.07) is 5.71. The van der Waals surface area contributed by atoms with E-state index < -0.39 is 34.8 Å². The van der Waals surface area contributed by atoms with Crippen LogP contribution in [0.25, 0.3) is 16.9 Å². The molecular formula is C27H24ClF4N7O4. The van der Waals surface area contributed by atoms with E-state index in [1.165, 1.54) is 36.0 Å². The van der Waals surface area contributed by atoms with Gasteiger partial charge in [-0.25, -0.2) is 18.9 Å². The Hall–Kier alpha value is -4.34. The third-order valence-electron chi connectivity index (χ3n) is 6.71. The molecular weight excluding hydrogens is 598 g/mol. The smallest absolute Gasteiger partial charge is 0.435 e. The van der Waals surface area contributed by atoms with E-state index in [0.717, 1.165) is 22.9 Å². The number of hydrogen-bond donors (Lipinski definition) is 2. The summed E-state index contributed by atoms with van der Waals surface area (Å²) in [5, 5.41) is 16.1. The summed E-state index contributed by atoms with van der Waals surface area (Å²) in [6.07, 6.45) is -2.08. The minimum Gasteiger partial charge on any atom is -0.477 e. The van der Waals surface area contributed by atoms with Crippen molar-refractivity contribution in [1.29, 1.82) is 0 Å². The fourth-order valence-electron chi connectivity index (χ4n) is 4.50. The molecule has 0 amide bonds. The Balaban J connectivity index is 1.63. The van der Waals surface area contributed by atoms with Crippen LogP contribution in [0, 0.1) is 12.7 Å². The van der Waals surface area contributed by atoms with E-state index in [9.17, 15) is 32.3 Å². The van der Waals surface area contributed by atoms with Crippen LogP contribution in [0.15, 0.2) is 47.5 Å². The number of morpholine rings is 1. The van der Waals surface area contributed by atoms with Gasteiger partial charge < -0.3 is 19.7 Å². The number of hydrogen-bond acceptors (Lipinski definition) is 8. The molecule has 5 rings (SSSR count). The van der Waals surface area contributed by atoms with Crippen molar-refractivity contribution >= 4 is 29.2 Å². The molecule has 43 heavy (non-hydrogen) atoms. The van der Waals surface area contributed by atoms with Gasteiger partial charge in [0.2, 0.25) is 5.95 Å². The molecule has 1 fully saturated rings. The van der Waals surface area contributed by atoms with Crippen LogP contribution in [0.1, 0.15) is 21.7 Å². The van der Waals surface area contributed by atoms with Crippen LogP contribution in [0.5, 0.6) is 0 Å². The minimum absolute atomic E-state index is 0.0714. The number of benzene rings is 1. The molecule has 0 radical (unpaired) electrons. The fourth-order valence-corrected chi connectivity index (χ4v) is 4.69. The van der Waals surface area contributed by atoms with Gasteiger partial charge in [0.15, 0.2) is 11.5 Å². The summed E-state index contributed by atoms with van der Waals surface area (Å²) in [5.41, 5.74) is -1.82. The maximum absolute atomic E-state index is 13.6. The zero-order valence-corrected chi connectivity index (χ0v) is 23.3. The number of rotatable bonds is 8. The van der Waals surface area contributed by atoms with Gasteiger partial charge in [-0.1, -0.05) is 11.6 Å². The van der Waals surface area contributed by atoms with E-state index in [0.29, 0.717) is 38.5 Å². The number of aryl methyl sites for hydroxylation is 1. The maximum atomic E-state index is 13.6. The van der Waals surface area contributed by atoms with E-state index >= 15 is 0 Å². The number of nitrogens with one attached hydrogen (secondary N) is 1. The van der Waals surface area contributed by atoms with E-state index in [2.05, 4.69) is 25.3 Å². The number of halogens is 5. The number of carboxylic acids is 1. The lowest BCUT2D eigenvalue weighted by Gasteiger charge is -2.26. The van der Waals surface area contributed by atoms with Gasteiger partial charge >= 0.3 is 12.1 Å². The molecule has 0 saturated carbocycles. The first-order chi connectivity index (χ1) is 20.4. The molecule has 1 aromatic carbocycles. The predicted molar refractivity (Wildman–Crippen MR) is 147 cm³/mol. The van der Waals surface area contributed by atoms with Crippen molar-refractivity contribution in [2.75, 3.05) is 38.2 Å². The van der Waals surface area contributed by atoms with Crippen LogP contribution in [0.2, 0.25) is 5.02 Å². The van der Waals surface area contributed by atoms with E-state index in [1.54, 1.807) is 0 Å². The molecule has 4 aromatic rings. The van der Waals surface area contributed by atoms with Crippen molar-refractivity contribution in [2.24, 2.45) is 0 Å². The van der Waals surface area contributed by atoms with Crippen LogP contribution in [-0.4, -0.2) is 73.1 Å². The highest BCUT2D eigenvalue weighted by Crippen LogP contribution is 2.32. The van der Waals surface area contributed by atoms with E-state index in [-0.39, 0.29) is 40.2 Å². The summed E-state index contributed by atoms with van der Waals surface area (Å²) in [4.78, 5) is 35.7. The number of ether oxygens (including phenoxy) is 1. The topological polar surface area (TPSA) is 127 Å². The Morgan fingerprint density at radius 1 is 1.16 bits per heavy atom. The predicted octanol–water partition coefficient (Wildman–Crippen LogP) is 4.38. The summed E-state index contributed by atoms with van der Waals surface area (Å²) >= 11 is 5.86. The SMILES string of the molecule is Cc1cc(C(F)(F)F)nn1-c1nc(Nc2ccc(F)c(Cl)c2)ncc1-c1cc(C(=O)O)c(=O)n(CCN2CCOCC2)c1. The Bertz CT molecular complexity index is 1740. The Labute approximate surface area is 246 Å². The third kappa shape index (κ3) is 6.68. The molecule has 0 unspecified atom stereocenters. The highest BCUT2D eigenvalue weighted by Gasteiger charge is 2.35. The highest BCUT2D eigenvalue weighted by molar-refractivity contribution is 6.31. The average Bonchev–Trinajstić information content (AvgIpc) is 3.37. The van der Waals surface area contributed by atoms with Gasteiger partial charge in [0.25, 0.3) is 5.56 Å². The number of carbonyl (C=O) groups is 1. The lowest BCUT2D eigenvalue weighted by Crippen LogP contribution is -2.39. The standard InChI is InChI=1S/C27H24ClF4N7O4/c1-15-10-22(27(30,31)32)36-39(15)23-19(13-33-26(35-23)34-17-2-3-21(29)20(28)12-17)16-11-18(25(41)42)24(40)38(14-16)5-4-37-6-8-43-9-7-37/h2-3,10-14H,4-9H2,1H3,(H,41,42)(H,33,34,35). The van der Waals surface area contributed by atoms with Crippen molar-refractivity contribution < 1.29 is 32.2 Å². The second-order valence-corrected chi connectivity index (χ2v) is 10.1.